The Hall–Kier alpha value is -1.65. The van der Waals surface area contributed by atoms with Crippen molar-refractivity contribution in [2.24, 2.45) is 5.14 Å². The average molecular weight is 432 g/mol. The number of hydrogen-bond acceptors (Lipinski definition) is 4. The number of nitrogens with one attached hydrogen (secondary N) is 1. The second kappa shape index (κ2) is 6.63. The highest BCUT2D eigenvalue weighted by molar-refractivity contribution is 14.1. The van der Waals surface area contributed by atoms with E-state index in [9.17, 15) is 13.2 Å². The van der Waals surface area contributed by atoms with E-state index in [2.05, 4.69) is 27.9 Å². The van der Waals surface area contributed by atoms with Crippen molar-refractivity contribution in [1.82, 2.24) is 0 Å². The lowest BCUT2D eigenvalue weighted by Crippen LogP contribution is -2.15. The third kappa shape index (κ3) is 3.96. The highest BCUT2D eigenvalue weighted by atomic mass is 127. The maximum absolute atomic E-state index is 12.2. The highest BCUT2D eigenvalue weighted by Gasteiger charge is 2.15. The van der Waals surface area contributed by atoms with Gasteiger partial charge < -0.3 is 10.1 Å². The lowest BCUT2D eigenvalue weighted by atomic mass is 10.2. The fourth-order valence-corrected chi connectivity index (χ4v) is 2.87. The molecular formula is C14H13IN2O4S. The van der Waals surface area contributed by atoms with Crippen LogP contribution in [-0.2, 0) is 10.0 Å². The lowest BCUT2D eigenvalue weighted by Gasteiger charge is -2.11. The van der Waals surface area contributed by atoms with Gasteiger partial charge in [-0.1, -0.05) is 6.07 Å². The van der Waals surface area contributed by atoms with Gasteiger partial charge in [-0.05, 0) is 59.0 Å². The molecule has 6 nitrogen and oxygen atoms in total. The number of amides is 1. The van der Waals surface area contributed by atoms with Gasteiger partial charge in [-0.2, -0.15) is 0 Å². The number of carbonyl (C=O) groups is 1. The molecule has 3 N–H and O–H groups in total. The molecule has 2 aromatic carbocycles. The Morgan fingerprint density at radius 1 is 1.23 bits per heavy atom. The monoisotopic (exact) mass is 432 g/mol. The molecule has 1 amide bonds. The van der Waals surface area contributed by atoms with Crippen LogP contribution in [0.3, 0.4) is 0 Å². The molecule has 0 fully saturated rings. The highest BCUT2D eigenvalue weighted by Crippen LogP contribution is 2.27. The first kappa shape index (κ1) is 16.7. The predicted octanol–water partition coefficient (Wildman–Crippen LogP) is 2.20. The first-order chi connectivity index (χ1) is 10.3. The first-order valence-corrected chi connectivity index (χ1v) is 8.71. The molecule has 0 aromatic heterocycles. The summed E-state index contributed by atoms with van der Waals surface area (Å²) in [6, 6.07) is 11.0. The summed E-state index contributed by atoms with van der Waals surface area (Å²) in [5, 5.41) is 7.73. The molecule has 0 spiro atoms. The van der Waals surface area contributed by atoms with Gasteiger partial charge in [0.15, 0.2) is 0 Å². The summed E-state index contributed by atoms with van der Waals surface area (Å²) < 4.78 is 28.9. The zero-order chi connectivity index (χ0) is 16.3. The quantitative estimate of drug-likeness (QED) is 0.724. The summed E-state index contributed by atoms with van der Waals surface area (Å²) in [4.78, 5) is 12.1. The minimum atomic E-state index is -3.87. The second-order valence-corrected chi connectivity index (χ2v) is 7.18. The molecule has 0 aliphatic carbocycles. The number of rotatable bonds is 4. The maximum Gasteiger partial charge on any atom is 0.255 e. The molecule has 0 bridgehead atoms. The number of carbonyl (C=O) groups excluding carboxylic acids is 1. The number of nitrogens with two attached hydrogens (primary N) is 1. The third-order valence-electron chi connectivity index (χ3n) is 2.83. The van der Waals surface area contributed by atoms with E-state index in [-0.39, 0.29) is 16.5 Å². The van der Waals surface area contributed by atoms with Gasteiger partial charge in [-0.25, -0.2) is 13.6 Å². The van der Waals surface area contributed by atoms with Crippen LogP contribution in [0, 0.1) is 3.57 Å². The minimum absolute atomic E-state index is 0.105. The van der Waals surface area contributed by atoms with Gasteiger partial charge in [-0.3, -0.25) is 4.79 Å². The Balaban J connectivity index is 2.37. The maximum atomic E-state index is 12.2. The number of ether oxygens (including phenoxy) is 1. The van der Waals surface area contributed by atoms with Gasteiger partial charge >= 0.3 is 0 Å². The van der Waals surface area contributed by atoms with Crippen LogP contribution in [-0.4, -0.2) is 21.4 Å². The smallest absolute Gasteiger partial charge is 0.255 e. The van der Waals surface area contributed by atoms with E-state index in [0.29, 0.717) is 11.3 Å². The summed E-state index contributed by atoms with van der Waals surface area (Å²) >= 11 is 2.10. The van der Waals surface area contributed by atoms with Gasteiger partial charge in [0.05, 0.1) is 17.7 Å². The van der Waals surface area contributed by atoms with Crippen LogP contribution in [0.1, 0.15) is 10.4 Å². The molecule has 2 aromatic rings. The number of methoxy groups -OCH3 is 1. The van der Waals surface area contributed by atoms with E-state index in [4.69, 9.17) is 9.88 Å². The normalized spacial score (nSPS) is 11.0. The number of hydrogen-bond donors (Lipinski definition) is 2. The molecule has 116 valence electrons. The fraction of sp³-hybridized carbons (Fsp3) is 0.0714. The van der Waals surface area contributed by atoms with Gasteiger partial charge in [0.2, 0.25) is 10.0 Å². The zero-order valence-electron chi connectivity index (χ0n) is 11.5. The Kier molecular flexibility index (Phi) is 5.04. The van der Waals surface area contributed by atoms with Crippen LogP contribution in [0.25, 0.3) is 0 Å². The molecule has 22 heavy (non-hydrogen) atoms. The van der Waals surface area contributed by atoms with E-state index in [0.717, 1.165) is 3.57 Å². The molecule has 0 aliphatic rings. The molecule has 0 saturated heterocycles. The Bertz CT molecular complexity index is 821. The number of sulfonamides is 1. The number of benzene rings is 2. The summed E-state index contributed by atoms with van der Waals surface area (Å²) in [6.07, 6.45) is 0. The van der Waals surface area contributed by atoms with Crippen LogP contribution in [0.2, 0.25) is 0 Å². The molecule has 0 aliphatic heterocycles. The van der Waals surface area contributed by atoms with Crippen molar-refractivity contribution in [3.8, 4) is 5.75 Å². The Labute approximate surface area is 141 Å². The first-order valence-electron chi connectivity index (χ1n) is 6.09. The van der Waals surface area contributed by atoms with Crippen molar-refractivity contribution in [1.29, 1.82) is 0 Å². The van der Waals surface area contributed by atoms with Crippen LogP contribution in [0.4, 0.5) is 5.69 Å². The van der Waals surface area contributed by atoms with Crippen molar-refractivity contribution >= 4 is 44.2 Å². The summed E-state index contributed by atoms with van der Waals surface area (Å²) in [5.41, 5.74) is 0.688. The zero-order valence-corrected chi connectivity index (χ0v) is 14.5. The van der Waals surface area contributed by atoms with Crippen molar-refractivity contribution < 1.29 is 17.9 Å². The third-order valence-corrected chi connectivity index (χ3v) is 4.42. The molecule has 0 radical (unpaired) electrons. The SMILES string of the molecule is COc1ccc(S(N)(=O)=O)cc1NC(=O)c1cccc(I)c1. The fourth-order valence-electron chi connectivity index (χ4n) is 1.79. The molecule has 2 rings (SSSR count). The van der Waals surface area contributed by atoms with Gasteiger partial charge in [0.25, 0.3) is 5.91 Å². The van der Waals surface area contributed by atoms with E-state index in [1.54, 1.807) is 18.2 Å². The van der Waals surface area contributed by atoms with Gasteiger partial charge in [0.1, 0.15) is 5.75 Å². The molecule has 0 heterocycles. The van der Waals surface area contributed by atoms with Gasteiger partial charge in [0, 0.05) is 9.13 Å². The van der Waals surface area contributed by atoms with E-state index >= 15 is 0 Å². The Morgan fingerprint density at radius 2 is 1.95 bits per heavy atom. The summed E-state index contributed by atoms with van der Waals surface area (Å²) in [6.45, 7) is 0. The van der Waals surface area contributed by atoms with Crippen LogP contribution >= 0.6 is 22.6 Å². The largest absolute Gasteiger partial charge is 0.495 e. The van der Waals surface area contributed by atoms with E-state index < -0.39 is 10.0 Å². The van der Waals surface area contributed by atoms with Crippen LogP contribution in [0.15, 0.2) is 47.4 Å². The Morgan fingerprint density at radius 3 is 2.55 bits per heavy atom. The molecule has 0 atom stereocenters. The predicted molar refractivity (Wildman–Crippen MR) is 91.5 cm³/mol. The number of anilines is 1. The standard InChI is InChI=1S/C14H13IN2O4S/c1-21-13-6-5-11(22(16,19)20)8-12(13)17-14(18)9-3-2-4-10(15)7-9/h2-8H,1H3,(H,17,18)(H2,16,19,20). The lowest BCUT2D eigenvalue weighted by molar-refractivity contribution is 0.102. The average Bonchev–Trinajstić information content (AvgIpc) is 2.46. The van der Waals surface area contributed by atoms with Crippen molar-refractivity contribution in [3.63, 3.8) is 0 Å². The number of primary sulfonamides is 1. The van der Waals surface area contributed by atoms with Crippen molar-refractivity contribution in [2.45, 2.75) is 4.90 Å². The van der Waals surface area contributed by atoms with Gasteiger partial charge in [-0.15, -0.1) is 0 Å². The van der Waals surface area contributed by atoms with Crippen molar-refractivity contribution in [3.05, 3.63) is 51.6 Å². The molecule has 8 heteroatoms. The molecular weight excluding hydrogens is 419 g/mol. The molecule has 0 saturated carbocycles. The number of halogens is 1. The van der Waals surface area contributed by atoms with Crippen LogP contribution in [0.5, 0.6) is 5.75 Å². The summed E-state index contributed by atoms with van der Waals surface area (Å²) in [7, 11) is -2.44. The topological polar surface area (TPSA) is 98.5 Å². The summed E-state index contributed by atoms with van der Waals surface area (Å²) in [5.74, 6) is -0.0326. The van der Waals surface area contributed by atoms with Crippen molar-refractivity contribution in [2.75, 3.05) is 12.4 Å². The van der Waals surface area contributed by atoms with E-state index in [1.165, 1.54) is 25.3 Å². The minimum Gasteiger partial charge on any atom is -0.495 e. The second-order valence-electron chi connectivity index (χ2n) is 4.37. The van der Waals surface area contributed by atoms with E-state index in [1.807, 2.05) is 6.07 Å². The molecule has 0 unspecified atom stereocenters. The van der Waals surface area contributed by atoms with Crippen LogP contribution < -0.4 is 15.2 Å².